The van der Waals surface area contributed by atoms with Crippen molar-refractivity contribution in [2.24, 2.45) is 0 Å². The predicted molar refractivity (Wildman–Crippen MR) is 275 cm³/mol. The van der Waals surface area contributed by atoms with Crippen LogP contribution in [-0.4, -0.2) is 97.6 Å². The van der Waals surface area contributed by atoms with E-state index in [1.165, 1.54) is 31.5 Å². The molecule has 14 heteroatoms. The molecule has 0 atom stereocenters. The number of thiophene rings is 2. The van der Waals surface area contributed by atoms with Gasteiger partial charge in [-0.3, -0.25) is 28.5 Å². The molecule has 2 fully saturated rings. The first kappa shape index (κ1) is 45.7. The highest BCUT2D eigenvalue weighted by Crippen LogP contribution is 2.33. The largest absolute Gasteiger partial charge is 0.494 e. The maximum Gasteiger partial charge on any atom is 0.252 e. The summed E-state index contributed by atoms with van der Waals surface area (Å²) in [4.78, 5) is 36.5. The molecule has 0 amide bonds. The Labute approximate surface area is 399 Å². The van der Waals surface area contributed by atoms with Crippen molar-refractivity contribution in [2.75, 3.05) is 88.5 Å². The van der Waals surface area contributed by atoms with Crippen LogP contribution in [0.3, 0.4) is 0 Å². The van der Waals surface area contributed by atoms with Crippen molar-refractivity contribution in [3.05, 3.63) is 141 Å². The summed E-state index contributed by atoms with van der Waals surface area (Å²) in [6, 6.07) is 36.2. The summed E-state index contributed by atoms with van der Waals surface area (Å²) in [6.07, 6.45) is 3.99. The molecule has 0 N–H and O–H groups in total. The summed E-state index contributed by atoms with van der Waals surface area (Å²) >= 11 is 3.61. The lowest BCUT2D eigenvalue weighted by atomic mass is 10.2. The van der Waals surface area contributed by atoms with Crippen molar-refractivity contribution in [1.29, 1.82) is 0 Å². The summed E-state index contributed by atoms with van der Waals surface area (Å²) in [5, 5.41) is 8.90. The third-order valence-electron chi connectivity index (χ3n) is 13.0. The lowest BCUT2D eigenvalue weighted by Gasteiger charge is -2.36. The smallest absolute Gasteiger partial charge is 0.252 e. The van der Waals surface area contributed by atoms with Gasteiger partial charge in [-0.15, -0.1) is 35.1 Å². The van der Waals surface area contributed by atoms with E-state index in [1.807, 2.05) is 48.5 Å². The number of hydrogen-bond acceptors (Lipinski definition) is 11. The third kappa shape index (κ3) is 10.4. The fourth-order valence-corrected chi connectivity index (χ4v) is 11.0. The van der Waals surface area contributed by atoms with Gasteiger partial charge in [0.1, 0.15) is 25.0 Å². The van der Waals surface area contributed by atoms with Crippen molar-refractivity contribution >= 4 is 88.4 Å². The van der Waals surface area contributed by atoms with Gasteiger partial charge in [0.15, 0.2) is 0 Å². The Morgan fingerprint density at radius 3 is 1.38 bits per heavy atom. The molecule has 0 aliphatic carbocycles. The van der Waals surface area contributed by atoms with Gasteiger partial charge in [-0.1, -0.05) is 12.1 Å². The normalized spacial score (nSPS) is 15.0. The second-order valence-electron chi connectivity index (χ2n) is 17.1. The molecule has 6 heterocycles. The van der Waals surface area contributed by atoms with E-state index in [0.717, 1.165) is 113 Å². The zero-order chi connectivity index (χ0) is 44.0. The first-order chi connectivity index (χ1) is 32.0. The second-order valence-corrected chi connectivity index (χ2v) is 19.0. The van der Waals surface area contributed by atoms with Gasteiger partial charge in [0, 0.05) is 108 Å². The molecule has 2 aliphatic heterocycles. The van der Waals surface area contributed by atoms with Crippen LogP contribution in [0, 0.1) is 0 Å². The maximum atomic E-state index is 13.2. The quantitative estimate of drug-likeness (QED) is 0.0782. The Morgan fingerprint density at radius 2 is 0.924 bits per heavy atom. The van der Waals surface area contributed by atoms with Crippen LogP contribution >= 0.6 is 35.1 Å². The van der Waals surface area contributed by atoms with Crippen LogP contribution < -0.4 is 30.4 Å². The Bertz CT molecular complexity index is 2810. The van der Waals surface area contributed by atoms with Crippen molar-refractivity contribution in [1.82, 2.24) is 18.9 Å². The van der Waals surface area contributed by atoms with Gasteiger partial charge in [-0.05, 0) is 133 Å². The van der Waals surface area contributed by atoms with Crippen molar-refractivity contribution in [3.8, 4) is 11.5 Å². The second kappa shape index (κ2) is 21.5. The lowest BCUT2D eigenvalue weighted by molar-refractivity contribution is 0.0285. The Balaban J connectivity index is 0.00000548. The number of rotatable bonds is 18. The molecule has 0 spiro atoms. The molecule has 2 saturated heterocycles. The number of halogens is 1. The fraction of sp³-hybridized carbons (Fsp3) is 0.346. The average molecular weight is 946 g/mol. The summed E-state index contributed by atoms with van der Waals surface area (Å²) in [5.74, 6) is 1.43. The van der Waals surface area contributed by atoms with Crippen molar-refractivity contribution in [2.45, 2.75) is 39.1 Å². The first-order valence-electron chi connectivity index (χ1n) is 23.0. The number of benzene rings is 4. The van der Waals surface area contributed by atoms with E-state index < -0.39 is 0 Å². The molecule has 4 aromatic carbocycles. The standard InChI is InChI=1S/C52H56N6O5S2.ClH/c59-51-17-13-39-11-15-41(62-31-3-1-21-53-23-27-55(28-24-53)45-7-5-9-49-43(45)19-33-64-49)35-47(39)57(51)37-61-38-58-48-36-42(16-12-40(48)14-18-52(58)60)63-32-4-2-22-54-25-29-56(30-26-54)46-8-6-10-50-44(46)20-34-65-50;/h5-20,33-36H,1-4,21-32,37-38H2;1H. The van der Waals surface area contributed by atoms with E-state index in [0.29, 0.717) is 24.7 Å². The summed E-state index contributed by atoms with van der Waals surface area (Å²) < 4.78 is 24.4. The van der Waals surface area contributed by atoms with Gasteiger partial charge in [0.05, 0.1) is 24.2 Å². The number of pyridine rings is 2. The molecular weight excluding hydrogens is 888 g/mol. The van der Waals surface area contributed by atoms with Gasteiger partial charge >= 0.3 is 0 Å². The van der Waals surface area contributed by atoms with Gasteiger partial charge < -0.3 is 24.0 Å². The minimum Gasteiger partial charge on any atom is -0.494 e. The number of hydrogen-bond donors (Lipinski definition) is 0. The van der Waals surface area contributed by atoms with Crippen LogP contribution in [0.25, 0.3) is 42.0 Å². The van der Waals surface area contributed by atoms with Crippen molar-refractivity contribution in [3.63, 3.8) is 0 Å². The summed E-state index contributed by atoms with van der Waals surface area (Å²) in [7, 11) is 0. The monoisotopic (exact) mass is 944 g/mol. The van der Waals surface area contributed by atoms with E-state index in [4.69, 9.17) is 14.2 Å². The molecule has 8 aromatic rings. The average Bonchev–Trinajstić information content (AvgIpc) is 4.04. The van der Waals surface area contributed by atoms with E-state index in [9.17, 15) is 9.59 Å². The van der Waals surface area contributed by atoms with Gasteiger partial charge in [0.25, 0.3) is 11.1 Å². The van der Waals surface area contributed by atoms with Crippen molar-refractivity contribution < 1.29 is 14.2 Å². The van der Waals surface area contributed by atoms with Gasteiger partial charge in [-0.2, -0.15) is 0 Å². The number of unbranched alkanes of at least 4 members (excludes halogenated alkanes) is 2. The topological polar surface area (TPSA) is 84.6 Å². The first-order valence-corrected chi connectivity index (χ1v) is 24.8. The van der Waals surface area contributed by atoms with Crippen LogP contribution in [0.5, 0.6) is 11.5 Å². The Kier molecular flexibility index (Phi) is 14.9. The highest BCUT2D eigenvalue weighted by molar-refractivity contribution is 7.17. The molecule has 4 aromatic heterocycles. The fourth-order valence-electron chi connectivity index (χ4n) is 9.39. The Morgan fingerprint density at radius 1 is 0.485 bits per heavy atom. The number of aromatic nitrogens is 2. The van der Waals surface area contributed by atoms with Gasteiger partial charge in [-0.25, -0.2) is 0 Å². The minimum absolute atomic E-state index is 0. The number of anilines is 2. The molecule has 0 radical (unpaired) electrons. The highest BCUT2D eigenvalue weighted by Gasteiger charge is 2.20. The van der Waals surface area contributed by atoms with E-state index in [2.05, 4.69) is 78.9 Å². The molecule has 0 bridgehead atoms. The van der Waals surface area contributed by atoms with Gasteiger partial charge in [0.2, 0.25) is 0 Å². The number of fused-ring (bicyclic) bond motifs is 4. The molecule has 0 saturated carbocycles. The highest BCUT2D eigenvalue weighted by atomic mass is 35.5. The number of ether oxygens (including phenoxy) is 3. The van der Waals surface area contributed by atoms with Crippen LogP contribution in [0.2, 0.25) is 0 Å². The van der Waals surface area contributed by atoms with E-state index in [-0.39, 0.29) is 37.0 Å². The zero-order valence-corrected chi connectivity index (χ0v) is 39.7. The van der Waals surface area contributed by atoms with Crippen LogP contribution in [-0.2, 0) is 18.2 Å². The molecular formula is C52H57ClN6O5S2. The number of nitrogens with zero attached hydrogens (tertiary/aromatic N) is 6. The molecule has 10 rings (SSSR count). The van der Waals surface area contributed by atoms with Crippen LogP contribution in [0.1, 0.15) is 25.7 Å². The molecule has 2 aliphatic rings. The molecule has 11 nitrogen and oxygen atoms in total. The van der Waals surface area contributed by atoms with E-state index in [1.54, 1.807) is 43.9 Å². The predicted octanol–water partition coefficient (Wildman–Crippen LogP) is 9.76. The minimum atomic E-state index is -0.183. The maximum absolute atomic E-state index is 13.2. The molecule has 0 unspecified atom stereocenters. The molecule has 66 heavy (non-hydrogen) atoms. The lowest BCUT2D eigenvalue weighted by Crippen LogP contribution is -2.46. The van der Waals surface area contributed by atoms with Crippen LogP contribution in [0.4, 0.5) is 11.4 Å². The molecule has 344 valence electrons. The summed E-state index contributed by atoms with van der Waals surface area (Å²) in [6.45, 7) is 11.7. The SMILES string of the molecule is Cl.O=c1ccc2ccc(OCCCCN3CCN(c4cccc5sccc45)CC3)cc2n1COCn1c(=O)ccc2ccc(OCCCCN3CCN(c4cccc5sccc45)CC3)cc21. The number of piperazine rings is 2. The van der Waals surface area contributed by atoms with E-state index >= 15 is 0 Å². The van der Waals surface area contributed by atoms with Crippen LogP contribution in [0.15, 0.2) is 130 Å². The third-order valence-corrected chi connectivity index (χ3v) is 14.8. The zero-order valence-electron chi connectivity index (χ0n) is 37.2. The Hall–Kier alpha value is -5.41. The summed E-state index contributed by atoms with van der Waals surface area (Å²) in [5.41, 5.74) is 3.78.